The van der Waals surface area contributed by atoms with Crippen molar-refractivity contribution in [2.75, 3.05) is 0 Å². The van der Waals surface area contributed by atoms with Gasteiger partial charge in [0.05, 0.1) is 0 Å². The van der Waals surface area contributed by atoms with Crippen LogP contribution in [0.1, 0.15) is 0 Å². The fraction of sp³-hybridized carbons (Fsp3) is 0. The lowest BCUT2D eigenvalue weighted by molar-refractivity contribution is 1.31. The van der Waals surface area contributed by atoms with Crippen LogP contribution in [-0.2, 0) is 0 Å². The number of rotatable bonds is 0. The molecule has 1 heterocycles. The zero-order valence-corrected chi connectivity index (χ0v) is 4.72. The molecule has 1 N–H and O–H groups in total. The second kappa shape index (κ2) is 1.72. The Morgan fingerprint density at radius 1 is 1.57 bits per heavy atom. The van der Waals surface area contributed by atoms with E-state index in [1.807, 2.05) is 0 Å². The lowest BCUT2D eigenvalue weighted by Crippen LogP contribution is -1.58. The number of imidazole rings is 1. The molecule has 1 aromatic rings. The highest BCUT2D eigenvalue weighted by Gasteiger charge is 1.89. The maximum absolute atomic E-state index is 5.30. The molecule has 4 heteroatoms. The third-order valence-electron chi connectivity index (χ3n) is 0.465. The lowest BCUT2D eigenvalue weighted by Gasteiger charge is -1.69. The molecule has 7 heavy (non-hydrogen) atoms. The van der Waals surface area contributed by atoms with Crippen LogP contribution in [0, 0.1) is 6.20 Å². The Balaban J connectivity index is 3.04. The summed E-state index contributed by atoms with van der Waals surface area (Å²) in [5, 5.41) is 0.606. The maximum Gasteiger partial charge on any atom is 0.201 e. The molecule has 0 aliphatic carbocycles. The van der Waals surface area contributed by atoms with Gasteiger partial charge in [0.1, 0.15) is 11.3 Å². The predicted molar refractivity (Wildman–Crippen MR) is 27.4 cm³/mol. The van der Waals surface area contributed by atoms with E-state index >= 15 is 0 Å². The Labute approximate surface area is 50.5 Å². The molecule has 0 bridgehead atoms. The van der Waals surface area contributed by atoms with Crippen LogP contribution < -0.4 is 0 Å². The first-order chi connectivity index (χ1) is 3.29. The first-order valence-corrected chi connectivity index (χ1v) is 2.33. The zero-order chi connectivity index (χ0) is 5.28. The largest absolute Gasteiger partial charge is 0.319 e. The summed E-state index contributed by atoms with van der Waals surface area (Å²) < 4.78 is 0. The number of hydrogen-bond acceptors (Lipinski definition) is 1. The summed E-state index contributed by atoms with van der Waals surface area (Å²) in [4.78, 5) is 5.97. The van der Waals surface area contributed by atoms with Gasteiger partial charge < -0.3 is 4.98 Å². The van der Waals surface area contributed by atoms with Gasteiger partial charge >= 0.3 is 0 Å². The van der Waals surface area contributed by atoms with Crippen LogP contribution in [0.25, 0.3) is 0 Å². The molecule has 1 rings (SSSR count). The Bertz CT molecular complexity index is 143. The van der Waals surface area contributed by atoms with E-state index < -0.39 is 0 Å². The summed E-state index contributed by atoms with van der Waals surface area (Å²) in [6.45, 7) is 0. The van der Waals surface area contributed by atoms with Crippen LogP contribution >= 0.6 is 23.2 Å². The summed E-state index contributed by atoms with van der Waals surface area (Å²) in [6, 6.07) is 0. The Kier molecular flexibility index (Phi) is 1.21. The van der Waals surface area contributed by atoms with Crippen LogP contribution in [0.5, 0.6) is 0 Å². The molecule has 37 valence electrons. The van der Waals surface area contributed by atoms with Crippen LogP contribution in [0.15, 0.2) is 0 Å². The third kappa shape index (κ3) is 1.08. The van der Waals surface area contributed by atoms with Gasteiger partial charge in [-0.25, -0.2) is 4.98 Å². The van der Waals surface area contributed by atoms with Crippen molar-refractivity contribution in [1.82, 2.24) is 9.97 Å². The van der Waals surface area contributed by atoms with Crippen molar-refractivity contribution in [1.29, 1.82) is 0 Å². The molecule has 1 radical (unpaired) electrons. The summed E-state index contributed by atoms with van der Waals surface area (Å²) in [6.07, 6.45) is 2.40. The van der Waals surface area contributed by atoms with Gasteiger partial charge in [0.15, 0.2) is 0 Å². The summed E-state index contributed by atoms with van der Waals surface area (Å²) in [5.41, 5.74) is 0. The van der Waals surface area contributed by atoms with Crippen molar-refractivity contribution in [2.24, 2.45) is 0 Å². The minimum absolute atomic E-state index is 0.269. The molecular formula is C3HCl2N2. The van der Waals surface area contributed by atoms with Gasteiger partial charge in [-0.2, -0.15) is 0 Å². The number of nitrogens with zero attached hydrogens (tertiary/aromatic N) is 1. The number of hydrogen-bond donors (Lipinski definition) is 1. The van der Waals surface area contributed by atoms with E-state index in [0.717, 1.165) is 0 Å². The standard InChI is InChI=1S/C3HCl2N2/c4-2-1-6-3(5)7-2/h(H,6,7). The first-order valence-electron chi connectivity index (χ1n) is 1.58. The quantitative estimate of drug-likeness (QED) is 0.575. The fourth-order valence-corrected chi connectivity index (χ4v) is 0.561. The molecule has 0 unspecified atom stereocenters. The Morgan fingerprint density at radius 2 is 2.29 bits per heavy atom. The normalized spacial score (nSPS) is 9.43. The van der Waals surface area contributed by atoms with Crippen LogP contribution in [0.4, 0.5) is 0 Å². The van der Waals surface area contributed by atoms with Gasteiger partial charge in [0.2, 0.25) is 5.28 Å². The van der Waals surface area contributed by atoms with Gasteiger partial charge in [0.25, 0.3) is 0 Å². The zero-order valence-electron chi connectivity index (χ0n) is 3.20. The average Bonchev–Trinajstić information content (AvgIpc) is 1.87. The molecule has 0 atom stereocenters. The number of nitrogens with one attached hydrogen (secondary N) is 1. The number of aromatic nitrogens is 2. The van der Waals surface area contributed by atoms with Crippen molar-refractivity contribution in [3.8, 4) is 0 Å². The highest BCUT2D eigenvalue weighted by Crippen LogP contribution is 2.05. The first kappa shape index (κ1) is 4.94. The molecular weight excluding hydrogens is 135 g/mol. The molecule has 1 aromatic heterocycles. The van der Waals surface area contributed by atoms with Gasteiger partial charge in [-0.1, -0.05) is 11.6 Å². The van der Waals surface area contributed by atoms with Crippen LogP contribution in [0.2, 0.25) is 10.4 Å². The predicted octanol–water partition coefficient (Wildman–Crippen LogP) is 1.52. The second-order valence-electron chi connectivity index (χ2n) is 0.953. The average molecular weight is 136 g/mol. The van der Waals surface area contributed by atoms with Gasteiger partial charge in [-0.05, 0) is 11.6 Å². The van der Waals surface area contributed by atoms with E-state index in [2.05, 4.69) is 16.2 Å². The molecule has 0 fully saturated rings. The highest BCUT2D eigenvalue weighted by atomic mass is 35.5. The van der Waals surface area contributed by atoms with E-state index in [4.69, 9.17) is 23.2 Å². The fourth-order valence-electron chi connectivity index (χ4n) is 0.245. The SMILES string of the molecule is Clc1[c]nc(Cl)[nH]1. The molecule has 0 aromatic carbocycles. The van der Waals surface area contributed by atoms with E-state index in [-0.39, 0.29) is 5.28 Å². The Morgan fingerprint density at radius 3 is 2.43 bits per heavy atom. The maximum atomic E-state index is 5.30. The minimum Gasteiger partial charge on any atom is -0.319 e. The van der Waals surface area contributed by atoms with Crippen LogP contribution in [0.3, 0.4) is 0 Å². The van der Waals surface area contributed by atoms with E-state index in [9.17, 15) is 0 Å². The van der Waals surface area contributed by atoms with Gasteiger partial charge in [-0.15, -0.1) is 0 Å². The van der Waals surface area contributed by atoms with E-state index in [1.54, 1.807) is 0 Å². The third-order valence-corrected chi connectivity index (χ3v) is 0.823. The van der Waals surface area contributed by atoms with Crippen LogP contribution in [-0.4, -0.2) is 9.97 Å². The van der Waals surface area contributed by atoms with E-state index in [0.29, 0.717) is 5.15 Å². The van der Waals surface area contributed by atoms with Crippen molar-refractivity contribution in [3.63, 3.8) is 0 Å². The van der Waals surface area contributed by atoms with E-state index in [1.165, 1.54) is 0 Å². The molecule has 0 saturated heterocycles. The number of aromatic amines is 1. The lowest BCUT2D eigenvalue weighted by atomic mass is 11.0. The summed E-state index contributed by atoms with van der Waals surface area (Å²) in [5.74, 6) is 0. The molecule has 0 aliphatic heterocycles. The minimum atomic E-state index is 0.269. The van der Waals surface area contributed by atoms with Crippen molar-refractivity contribution >= 4 is 23.2 Å². The molecule has 0 aliphatic rings. The van der Waals surface area contributed by atoms with Gasteiger partial charge in [-0.3, -0.25) is 0 Å². The highest BCUT2D eigenvalue weighted by molar-refractivity contribution is 6.32. The second-order valence-corrected chi connectivity index (χ2v) is 1.69. The molecule has 2 nitrogen and oxygen atoms in total. The Hall–Kier alpha value is -0.210. The number of halogens is 2. The monoisotopic (exact) mass is 135 g/mol. The van der Waals surface area contributed by atoms with Crippen molar-refractivity contribution in [3.05, 3.63) is 16.6 Å². The molecule has 0 saturated carbocycles. The van der Waals surface area contributed by atoms with Gasteiger partial charge in [0, 0.05) is 0 Å². The van der Waals surface area contributed by atoms with Crippen molar-refractivity contribution < 1.29 is 0 Å². The molecule has 0 amide bonds. The summed E-state index contributed by atoms with van der Waals surface area (Å²) in [7, 11) is 0. The smallest absolute Gasteiger partial charge is 0.201 e. The molecule has 0 spiro atoms. The van der Waals surface area contributed by atoms with Crippen molar-refractivity contribution in [2.45, 2.75) is 0 Å². The number of H-pyrrole nitrogens is 1. The summed E-state index contributed by atoms with van der Waals surface area (Å²) >= 11 is 10.6. The topological polar surface area (TPSA) is 28.7 Å².